The van der Waals surface area contributed by atoms with E-state index < -0.39 is 17.4 Å². The molecule has 2 aromatic carbocycles. The molecule has 2 aromatic rings. The SMILES string of the molecule is CC1=CC(=O)[C@@]23C(=O)N(c4ccc(Cl)cc4)C4=C(C(=O)CC(C)(C)C4)[C@@H]2c2ccccc2[C@H]3O1. The predicted molar refractivity (Wildman–Crippen MR) is 128 cm³/mol. The normalized spacial score (nSPS) is 29.1. The van der Waals surface area contributed by atoms with E-state index in [1.165, 1.54) is 6.08 Å². The monoisotopic (exact) mass is 473 g/mol. The number of nitrogens with zero attached hydrogens (tertiary/aromatic N) is 1. The van der Waals surface area contributed by atoms with Gasteiger partial charge in [-0.25, -0.2) is 0 Å². The van der Waals surface area contributed by atoms with Crippen molar-refractivity contribution in [3.05, 3.63) is 87.8 Å². The molecule has 0 radical (unpaired) electrons. The van der Waals surface area contributed by atoms with Gasteiger partial charge in [-0.2, -0.15) is 0 Å². The molecule has 6 rings (SSSR count). The molecule has 34 heavy (non-hydrogen) atoms. The number of fused-ring (bicyclic) bond motifs is 4. The fourth-order valence-electron chi connectivity index (χ4n) is 6.33. The van der Waals surface area contributed by atoms with Gasteiger partial charge < -0.3 is 4.74 Å². The van der Waals surface area contributed by atoms with Crippen LogP contribution in [0.5, 0.6) is 0 Å². The molecule has 3 atom stereocenters. The molecule has 0 N–H and O–H groups in total. The summed E-state index contributed by atoms with van der Waals surface area (Å²) in [4.78, 5) is 43.9. The van der Waals surface area contributed by atoms with E-state index in [2.05, 4.69) is 0 Å². The number of carbonyl (C=O) groups is 3. The molecule has 0 unspecified atom stereocenters. The number of benzene rings is 2. The zero-order valence-corrected chi connectivity index (χ0v) is 20.0. The summed E-state index contributed by atoms with van der Waals surface area (Å²) < 4.78 is 6.23. The molecule has 2 aliphatic heterocycles. The number of halogens is 1. The van der Waals surface area contributed by atoms with Gasteiger partial charge in [-0.3, -0.25) is 19.3 Å². The Morgan fingerprint density at radius 3 is 2.35 bits per heavy atom. The highest BCUT2D eigenvalue weighted by atomic mass is 35.5. The third-order valence-electron chi connectivity index (χ3n) is 7.60. The minimum absolute atomic E-state index is 0.0170. The van der Waals surface area contributed by atoms with Crippen LogP contribution in [0.15, 0.2) is 71.6 Å². The van der Waals surface area contributed by atoms with Crippen molar-refractivity contribution in [1.29, 1.82) is 0 Å². The largest absolute Gasteiger partial charge is 0.489 e. The smallest absolute Gasteiger partial charge is 0.250 e. The third-order valence-corrected chi connectivity index (χ3v) is 7.85. The minimum atomic E-state index is -1.56. The first-order valence-electron chi connectivity index (χ1n) is 11.5. The maximum Gasteiger partial charge on any atom is 0.250 e. The number of hydrogen-bond acceptors (Lipinski definition) is 4. The average Bonchev–Trinajstić information content (AvgIpc) is 3.06. The van der Waals surface area contributed by atoms with E-state index in [4.69, 9.17) is 16.3 Å². The Balaban J connectivity index is 1.71. The van der Waals surface area contributed by atoms with Gasteiger partial charge in [0.15, 0.2) is 17.0 Å². The summed E-state index contributed by atoms with van der Waals surface area (Å²) in [7, 11) is 0. The van der Waals surface area contributed by atoms with Crippen molar-refractivity contribution >= 4 is 34.8 Å². The highest BCUT2D eigenvalue weighted by Crippen LogP contribution is 2.66. The summed E-state index contributed by atoms with van der Waals surface area (Å²) in [5, 5.41) is 0.542. The summed E-state index contributed by atoms with van der Waals surface area (Å²) in [6.07, 6.45) is 1.53. The number of carbonyl (C=O) groups excluding carboxylic acids is 3. The maximum atomic E-state index is 14.6. The average molecular weight is 474 g/mol. The van der Waals surface area contributed by atoms with Gasteiger partial charge in [0.1, 0.15) is 6.10 Å². The molecule has 6 heteroatoms. The maximum absolute atomic E-state index is 14.6. The predicted octanol–water partition coefficient (Wildman–Crippen LogP) is 5.66. The van der Waals surface area contributed by atoms with Crippen LogP contribution in [0.4, 0.5) is 5.69 Å². The van der Waals surface area contributed by atoms with Crippen LogP contribution in [0.3, 0.4) is 0 Å². The Kier molecular flexibility index (Phi) is 4.35. The second-order valence-electron chi connectivity index (χ2n) is 10.5. The van der Waals surface area contributed by atoms with Gasteiger partial charge in [0.05, 0.1) is 5.76 Å². The van der Waals surface area contributed by atoms with Gasteiger partial charge in [0.2, 0.25) is 0 Å². The van der Waals surface area contributed by atoms with Gasteiger partial charge in [-0.1, -0.05) is 49.7 Å². The van der Waals surface area contributed by atoms with Crippen molar-refractivity contribution < 1.29 is 19.1 Å². The highest BCUT2D eigenvalue weighted by molar-refractivity contribution is 6.30. The standard InChI is InChI=1S/C28H24ClNO4/c1-15-12-22(32)28-24(18-6-4-5-7-19(18)25(28)34-15)23-20(13-27(2,3)14-21(23)31)30(26(28)33)17-10-8-16(29)9-11-17/h4-12,24-25H,13-14H2,1-3H3/t24-,25+,28+/m0/s1. The van der Waals surface area contributed by atoms with Crippen molar-refractivity contribution in [2.75, 3.05) is 4.90 Å². The van der Waals surface area contributed by atoms with Crippen LogP contribution in [-0.4, -0.2) is 17.5 Å². The number of allylic oxidation sites excluding steroid dienone is 4. The van der Waals surface area contributed by atoms with Crippen molar-refractivity contribution in [3.8, 4) is 0 Å². The van der Waals surface area contributed by atoms with E-state index >= 15 is 0 Å². The van der Waals surface area contributed by atoms with E-state index in [9.17, 15) is 14.4 Å². The Labute approximate surface area is 203 Å². The quantitative estimate of drug-likeness (QED) is 0.501. The van der Waals surface area contributed by atoms with Crippen LogP contribution in [0.2, 0.25) is 5.02 Å². The summed E-state index contributed by atoms with van der Waals surface area (Å²) >= 11 is 6.14. The molecule has 2 aliphatic carbocycles. The summed E-state index contributed by atoms with van der Waals surface area (Å²) in [5.41, 5.74) is 1.59. The van der Waals surface area contributed by atoms with Crippen LogP contribution in [-0.2, 0) is 19.1 Å². The van der Waals surface area contributed by atoms with Crippen molar-refractivity contribution in [3.63, 3.8) is 0 Å². The Bertz CT molecular complexity index is 1350. The van der Waals surface area contributed by atoms with E-state index in [0.29, 0.717) is 40.6 Å². The first kappa shape index (κ1) is 21.4. The topological polar surface area (TPSA) is 63.7 Å². The molecule has 1 spiro atoms. The zero-order valence-electron chi connectivity index (χ0n) is 19.2. The van der Waals surface area contributed by atoms with Crippen LogP contribution < -0.4 is 4.90 Å². The molecule has 172 valence electrons. The molecule has 5 nitrogen and oxygen atoms in total. The number of hydrogen-bond donors (Lipinski definition) is 0. The fraction of sp³-hybridized carbons (Fsp3) is 0.321. The van der Waals surface area contributed by atoms with Crippen molar-refractivity contribution in [2.45, 2.75) is 45.6 Å². The van der Waals surface area contributed by atoms with Gasteiger partial charge in [0, 0.05) is 40.4 Å². The van der Waals surface area contributed by atoms with Crippen LogP contribution in [0.1, 0.15) is 56.8 Å². The second-order valence-corrected chi connectivity index (χ2v) is 10.9. The zero-order chi connectivity index (χ0) is 24.0. The molecule has 0 saturated heterocycles. The first-order chi connectivity index (χ1) is 16.1. The summed E-state index contributed by atoms with van der Waals surface area (Å²) in [6.45, 7) is 5.80. The number of ketones is 2. The highest BCUT2D eigenvalue weighted by Gasteiger charge is 2.70. The Hall–Kier alpha value is -3.18. The number of Topliss-reactive ketones (excluding diaryl/α,β-unsaturated/α-hetero) is 1. The van der Waals surface area contributed by atoms with E-state index in [1.54, 1.807) is 36.1 Å². The van der Waals surface area contributed by atoms with E-state index in [0.717, 1.165) is 11.1 Å². The molecule has 2 heterocycles. The Morgan fingerprint density at radius 2 is 1.65 bits per heavy atom. The first-order valence-corrected chi connectivity index (χ1v) is 11.9. The molecule has 0 bridgehead atoms. The lowest BCUT2D eigenvalue weighted by Crippen LogP contribution is -2.59. The second kappa shape index (κ2) is 6.92. The lowest BCUT2D eigenvalue weighted by atomic mass is 9.59. The van der Waals surface area contributed by atoms with E-state index in [-0.39, 0.29) is 22.9 Å². The Morgan fingerprint density at radius 1 is 0.971 bits per heavy atom. The molecule has 1 amide bonds. The lowest BCUT2D eigenvalue weighted by molar-refractivity contribution is -0.151. The number of ether oxygens (including phenoxy) is 1. The summed E-state index contributed by atoms with van der Waals surface area (Å²) in [6, 6.07) is 14.6. The van der Waals surface area contributed by atoms with Gasteiger partial charge in [-0.15, -0.1) is 0 Å². The molecule has 0 aromatic heterocycles. The minimum Gasteiger partial charge on any atom is -0.489 e. The molecule has 0 fully saturated rings. The van der Waals surface area contributed by atoms with Crippen molar-refractivity contribution in [2.24, 2.45) is 10.8 Å². The van der Waals surface area contributed by atoms with Gasteiger partial charge in [-0.05, 0) is 54.2 Å². The number of anilines is 1. The van der Waals surface area contributed by atoms with E-state index in [1.807, 2.05) is 38.1 Å². The lowest BCUT2D eigenvalue weighted by Gasteiger charge is -2.50. The molecule has 4 aliphatic rings. The molecule has 0 saturated carbocycles. The third kappa shape index (κ3) is 2.65. The van der Waals surface area contributed by atoms with Gasteiger partial charge >= 0.3 is 0 Å². The van der Waals surface area contributed by atoms with Crippen LogP contribution in [0, 0.1) is 10.8 Å². The fourth-order valence-corrected chi connectivity index (χ4v) is 6.46. The van der Waals surface area contributed by atoms with Gasteiger partial charge in [0.25, 0.3) is 5.91 Å². The summed E-state index contributed by atoms with van der Waals surface area (Å²) in [5.74, 6) is -0.871. The number of rotatable bonds is 1. The van der Waals surface area contributed by atoms with Crippen LogP contribution in [0.25, 0.3) is 0 Å². The van der Waals surface area contributed by atoms with Crippen LogP contribution >= 0.6 is 11.6 Å². The molecular weight excluding hydrogens is 450 g/mol. The molecular formula is C28H24ClNO4. The van der Waals surface area contributed by atoms with Crippen molar-refractivity contribution in [1.82, 2.24) is 0 Å². The number of amides is 1.